The fourth-order valence-corrected chi connectivity index (χ4v) is 4.24. The van der Waals surface area contributed by atoms with Gasteiger partial charge in [0.2, 0.25) is 5.91 Å². The van der Waals surface area contributed by atoms with Crippen molar-refractivity contribution in [1.29, 1.82) is 0 Å². The molecule has 0 bridgehead atoms. The van der Waals surface area contributed by atoms with Crippen molar-refractivity contribution >= 4 is 29.1 Å². The molecule has 1 aliphatic heterocycles. The van der Waals surface area contributed by atoms with Gasteiger partial charge >= 0.3 is 6.09 Å². The van der Waals surface area contributed by atoms with E-state index in [4.69, 9.17) is 4.74 Å². The van der Waals surface area contributed by atoms with Crippen LogP contribution in [0.1, 0.15) is 23.9 Å². The van der Waals surface area contributed by atoms with E-state index in [1.54, 1.807) is 32.6 Å². The molecule has 3 aromatic rings. The number of nitrogens with zero attached hydrogens (tertiary/aromatic N) is 6. The number of aryl methyl sites for hydroxylation is 2. The number of hydrogen-bond donors (Lipinski definition) is 0. The molecule has 0 unspecified atom stereocenters. The van der Waals surface area contributed by atoms with Crippen molar-refractivity contribution in [1.82, 2.24) is 29.4 Å². The number of fused-ring (bicyclic) bond motifs is 1. The Labute approximate surface area is 178 Å². The van der Waals surface area contributed by atoms with Crippen LogP contribution in [0, 0.1) is 13.8 Å². The average molecular weight is 429 g/mol. The lowest BCUT2D eigenvalue weighted by atomic mass is 10.1. The minimum atomic E-state index is -0.321. The van der Waals surface area contributed by atoms with Crippen LogP contribution in [0.3, 0.4) is 0 Å². The Morgan fingerprint density at radius 3 is 2.53 bits per heavy atom. The smallest absolute Gasteiger partial charge is 0.409 e. The second-order valence-corrected chi connectivity index (χ2v) is 8.08. The monoisotopic (exact) mass is 428 g/mol. The van der Waals surface area contributed by atoms with Crippen molar-refractivity contribution in [2.24, 2.45) is 0 Å². The van der Waals surface area contributed by atoms with Crippen LogP contribution in [0.5, 0.6) is 0 Å². The van der Waals surface area contributed by atoms with E-state index in [1.807, 2.05) is 31.4 Å². The maximum atomic E-state index is 12.9. The molecule has 1 saturated heterocycles. The number of thiophene rings is 1. The summed E-state index contributed by atoms with van der Waals surface area (Å²) in [6, 6.07) is 3.94. The van der Waals surface area contributed by atoms with Gasteiger partial charge in [-0.1, -0.05) is 6.07 Å². The van der Waals surface area contributed by atoms with Gasteiger partial charge in [-0.2, -0.15) is 4.98 Å². The molecule has 0 N–H and O–H groups in total. The van der Waals surface area contributed by atoms with Crippen molar-refractivity contribution in [3.8, 4) is 10.7 Å². The maximum absolute atomic E-state index is 12.9. The molecule has 0 saturated carbocycles. The Morgan fingerprint density at radius 1 is 1.13 bits per heavy atom. The van der Waals surface area contributed by atoms with Gasteiger partial charge in [-0.05, 0) is 32.2 Å². The minimum absolute atomic E-state index is 0.0180. The highest BCUT2D eigenvalue weighted by atomic mass is 32.1. The van der Waals surface area contributed by atoms with Crippen LogP contribution in [0.2, 0.25) is 0 Å². The molecule has 9 nitrogen and oxygen atoms in total. The molecule has 4 heterocycles. The zero-order valence-corrected chi connectivity index (χ0v) is 18.1. The molecule has 0 radical (unpaired) electrons. The van der Waals surface area contributed by atoms with Gasteiger partial charge in [0.1, 0.15) is 0 Å². The highest BCUT2D eigenvalue weighted by Gasteiger charge is 2.26. The van der Waals surface area contributed by atoms with Crippen LogP contribution in [0.4, 0.5) is 4.79 Å². The van der Waals surface area contributed by atoms with Crippen LogP contribution in [-0.2, 0) is 16.0 Å². The summed E-state index contributed by atoms with van der Waals surface area (Å²) < 4.78 is 6.75. The molecular formula is C20H24N6O3S. The standard InChI is InChI=1S/C20H24N6O3S/c1-4-29-20(28)25-9-7-24(8-10-25)17(27)12-15-13(2)21-19-22-18(16-6-5-11-30-16)23-26(19)14(15)3/h5-6,11H,4,7-10,12H2,1-3H3. The molecule has 10 heteroatoms. The van der Waals surface area contributed by atoms with Gasteiger partial charge in [0, 0.05) is 43.1 Å². The molecule has 0 aliphatic carbocycles. The summed E-state index contributed by atoms with van der Waals surface area (Å²) in [5.41, 5.74) is 2.51. The van der Waals surface area contributed by atoms with E-state index in [1.165, 1.54) is 0 Å². The number of rotatable bonds is 4. The summed E-state index contributed by atoms with van der Waals surface area (Å²) in [6.07, 6.45) is -0.0764. The van der Waals surface area contributed by atoms with Crippen molar-refractivity contribution < 1.29 is 14.3 Å². The van der Waals surface area contributed by atoms with Crippen molar-refractivity contribution in [2.45, 2.75) is 27.2 Å². The molecule has 158 valence electrons. The molecule has 1 fully saturated rings. The zero-order valence-electron chi connectivity index (χ0n) is 17.3. The Hall–Kier alpha value is -3.01. The number of ether oxygens (including phenoxy) is 1. The maximum Gasteiger partial charge on any atom is 0.409 e. The summed E-state index contributed by atoms with van der Waals surface area (Å²) in [5.74, 6) is 1.19. The first-order valence-corrected chi connectivity index (χ1v) is 10.8. The SMILES string of the molecule is CCOC(=O)N1CCN(C(=O)Cc2c(C)nc3nc(-c4cccs4)nn3c2C)CC1. The van der Waals surface area contributed by atoms with Gasteiger partial charge in [-0.3, -0.25) is 4.79 Å². The van der Waals surface area contributed by atoms with E-state index in [2.05, 4.69) is 15.1 Å². The van der Waals surface area contributed by atoms with Crippen LogP contribution < -0.4 is 0 Å². The first kappa shape index (κ1) is 20.3. The predicted octanol–water partition coefficient (Wildman–Crippen LogP) is 2.31. The molecule has 0 spiro atoms. The quantitative estimate of drug-likeness (QED) is 0.633. The minimum Gasteiger partial charge on any atom is -0.450 e. The first-order valence-electron chi connectivity index (χ1n) is 9.94. The number of aromatic nitrogens is 4. The summed E-state index contributed by atoms with van der Waals surface area (Å²) in [7, 11) is 0. The van der Waals surface area contributed by atoms with Gasteiger partial charge in [0.25, 0.3) is 5.78 Å². The van der Waals surface area contributed by atoms with Crippen LogP contribution in [-0.4, -0.2) is 74.2 Å². The van der Waals surface area contributed by atoms with E-state index in [-0.39, 0.29) is 18.4 Å². The lowest BCUT2D eigenvalue weighted by Gasteiger charge is -2.34. The number of hydrogen-bond acceptors (Lipinski definition) is 7. The number of amides is 2. The molecule has 3 aromatic heterocycles. The Kier molecular flexibility index (Phi) is 5.67. The van der Waals surface area contributed by atoms with E-state index < -0.39 is 0 Å². The lowest BCUT2D eigenvalue weighted by molar-refractivity contribution is -0.132. The fourth-order valence-electron chi connectivity index (χ4n) is 3.59. The zero-order chi connectivity index (χ0) is 21.3. The summed E-state index contributed by atoms with van der Waals surface area (Å²) >= 11 is 1.58. The van der Waals surface area contributed by atoms with Gasteiger partial charge in [0.15, 0.2) is 5.82 Å². The Balaban J connectivity index is 1.50. The molecule has 2 amide bonds. The molecule has 1 aliphatic rings. The van der Waals surface area contributed by atoms with E-state index in [0.717, 1.165) is 21.8 Å². The topological polar surface area (TPSA) is 92.9 Å². The van der Waals surface area contributed by atoms with Gasteiger partial charge in [0.05, 0.1) is 17.9 Å². The molecule has 4 rings (SSSR count). The normalized spacial score (nSPS) is 14.4. The average Bonchev–Trinajstić information content (AvgIpc) is 3.41. The van der Waals surface area contributed by atoms with Crippen LogP contribution >= 0.6 is 11.3 Å². The third kappa shape index (κ3) is 3.87. The van der Waals surface area contributed by atoms with Crippen molar-refractivity contribution in [2.75, 3.05) is 32.8 Å². The largest absolute Gasteiger partial charge is 0.450 e. The Morgan fingerprint density at radius 2 is 1.87 bits per heavy atom. The number of carbonyl (C=O) groups excluding carboxylic acids is 2. The first-order chi connectivity index (χ1) is 14.5. The Bertz CT molecular complexity index is 1070. The fraction of sp³-hybridized carbons (Fsp3) is 0.450. The third-order valence-electron chi connectivity index (χ3n) is 5.28. The van der Waals surface area contributed by atoms with E-state index in [9.17, 15) is 9.59 Å². The summed E-state index contributed by atoms with van der Waals surface area (Å²) in [6.45, 7) is 7.92. The van der Waals surface area contributed by atoms with Crippen LogP contribution in [0.25, 0.3) is 16.5 Å². The molecule has 0 atom stereocenters. The molecule has 0 aromatic carbocycles. The third-order valence-corrected chi connectivity index (χ3v) is 6.14. The van der Waals surface area contributed by atoms with Gasteiger partial charge in [-0.25, -0.2) is 14.3 Å². The predicted molar refractivity (Wildman–Crippen MR) is 112 cm³/mol. The highest BCUT2D eigenvalue weighted by molar-refractivity contribution is 7.13. The van der Waals surface area contributed by atoms with Gasteiger partial charge < -0.3 is 14.5 Å². The molecule has 30 heavy (non-hydrogen) atoms. The van der Waals surface area contributed by atoms with Crippen LogP contribution in [0.15, 0.2) is 17.5 Å². The van der Waals surface area contributed by atoms with Crippen molar-refractivity contribution in [3.63, 3.8) is 0 Å². The van der Waals surface area contributed by atoms with Gasteiger partial charge in [-0.15, -0.1) is 16.4 Å². The lowest BCUT2D eigenvalue weighted by Crippen LogP contribution is -2.51. The highest BCUT2D eigenvalue weighted by Crippen LogP contribution is 2.23. The number of piperazine rings is 1. The van der Waals surface area contributed by atoms with E-state index >= 15 is 0 Å². The summed E-state index contributed by atoms with van der Waals surface area (Å²) in [5, 5.41) is 6.58. The second kappa shape index (κ2) is 8.39. The second-order valence-electron chi connectivity index (χ2n) is 7.13. The summed E-state index contributed by atoms with van der Waals surface area (Å²) in [4.78, 5) is 38.3. The van der Waals surface area contributed by atoms with E-state index in [0.29, 0.717) is 44.4 Å². The number of carbonyl (C=O) groups is 2. The molecular weight excluding hydrogens is 404 g/mol. The van der Waals surface area contributed by atoms with Crippen molar-refractivity contribution in [3.05, 3.63) is 34.5 Å².